The van der Waals surface area contributed by atoms with Crippen molar-refractivity contribution in [3.05, 3.63) is 22.4 Å². The summed E-state index contributed by atoms with van der Waals surface area (Å²) in [7, 11) is 0. The number of hydrogen-bond donors (Lipinski definition) is 5. The van der Waals surface area contributed by atoms with Crippen LogP contribution in [0.5, 0.6) is 0 Å². The highest BCUT2D eigenvalue weighted by Gasteiger charge is 2.62. The predicted octanol–water partition coefficient (Wildman–Crippen LogP) is -1.26. The lowest BCUT2D eigenvalue weighted by Crippen LogP contribution is -2.73. The topological polar surface area (TPSA) is 151 Å². The summed E-state index contributed by atoms with van der Waals surface area (Å²) >= 11 is 1.22. The average molecular weight is 424 g/mol. The van der Waals surface area contributed by atoms with E-state index < -0.39 is 60.9 Å². The number of halogens is 2. The van der Waals surface area contributed by atoms with Gasteiger partial charge in [0, 0.05) is 11.8 Å². The summed E-state index contributed by atoms with van der Waals surface area (Å²) in [5.41, 5.74) is 5.67. The summed E-state index contributed by atoms with van der Waals surface area (Å²) in [6.45, 7) is -0.211. The fraction of sp³-hybridized carbons (Fsp3) is 0.625. The maximum Gasteiger partial charge on any atom is 0.375 e. The summed E-state index contributed by atoms with van der Waals surface area (Å²) < 4.78 is 39.5. The van der Waals surface area contributed by atoms with Crippen molar-refractivity contribution in [1.29, 1.82) is 0 Å². The van der Waals surface area contributed by atoms with E-state index in [-0.39, 0.29) is 6.61 Å². The molecule has 0 aromatic carbocycles. The van der Waals surface area contributed by atoms with Crippen molar-refractivity contribution in [2.24, 2.45) is 5.73 Å². The lowest BCUT2D eigenvalue weighted by molar-refractivity contribution is -0.279. The molecule has 28 heavy (non-hydrogen) atoms. The molecular weight excluding hydrogens is 402 g/mol. The second kappa shape index (κ2) is 9.20. The first-order valence-electron chi connectivity index (χ1n) is 8.32. The Kier molecular flexibility index (Phi) is 7.42. The normalized spacial score (nSPS) is 32.4. The van der Waals surface area contributed by atoms with Crippen LogP contribution >= 0.6 is 11.3 Å². The van der Waals surface area contributed by atoms with Crippen molar-refractivity contribution in [3.63, 3.8) is 0 Å². The van der Waals surface area contributed by atoms with Gasteiger partial charge in [-0.3, -0.25) is 4.79 Å². The number of nitrogens with one attached hydrogen (secondary N) is 1. The summed E-state index contributed by atoms with van der Waals surface area (Å²) in [4.78, 5) is 24.2. The van der Waals surface area contributed by atoms with Crippen LogP contribution in [0.4, 0.5) is 8.78 Å². The smallest absolute Gasteiger partial charge is 0.375 e. The molecule has 0 aliphatic carbocycles. The molecule has 2 rings (SSSR count). The Morgan fingerprint density at radius 1 is 1.50 bits per heavy atom. The Balaban J connectivity index is 2.26. The zero-order chi connectivity index (χ0) is 21.1. The molecule has 9 nitrogen and oxygen atoms in total. The number of aliphatic hydroxyl groups excluding tert-OH is 3. The van der Waals surface area contributed by atoms with Crippen LogP contribution in [0.3, 0.4) is 0 Å². The van der Waals surface area contributed by atoms with Crippen LogP contribution < -0.4 is 11.1 Å². The van der Waals surface area contributed by atoms with Crippen LogP contribution in [0.15, 0.2) is 17.5 Å². The van der Waals surface area contributed by atoms with Gasteiger partial charge >= 0.3 is 11.8 Å². The number of thiophene rings is 1. The summed E-state index contributed by atoms with van der Waals surface area (Å²) in [5.74, 6) is -6.09. The van der Waals surface area contributed by atoms with Crippen LogP contribution in [0.25, 0.3) is 0 Å². The third kappa shape index (κ3) is 4.64. The van der Waals surface area contributed by atoms with Crippen LogP contribution in [-0.4, -0.2) is 76.2 Å². The van der Waals surface area contributed by atoms with Crippen LogP contribution in [-0.2, 0) is 25.7 Å². The molecule has 0 saturated carbocycles. The molecule has 1 fully saturated rings. The second-order valence-electron chi connectivity index (χ2n) is 6.33. The van der Waals surface area contributed by atoms with Gasteiger partial charge in [0.1, 0.15) is 24.9 Å². The molecule has 0 radical (unpaired) electrons. The Hall–Kier alpha value is -1.70. The molecule has 1 saturated heterocycles. The number of esters is 1. The monoisotopic (exact) mass is 424 g/mol. The highest BCUT2D eigenvalue weighted by Crippen LogP contribution is 2.36. The number of ether oxygens (including phenoxy) is 2. The Labute approximate surface area is 163 Å². The first-order valence-corrected chi connectivity index (χ1v) is 9.19. The Morgan fingerprint density at radius 3 is 2.71 bits per heavy atom. The minimum Gasteiger partial charge on any atom is -0.456 e. The van der Waals surface area contributed by atoms with Gasteiger partial charge in [0.05, 0.1) is 18.7 Å². The molecular formula is C16H22F2N2O7S. The van der Waals surface area contributed by atoms with Gasteiger partial charge in [0.15, 0.2) is 6.17 Å². The van der Waals surface area contributed by atoms with Gasteiger partial charge in [-0.05, 0) is 11.4 Å². The highest BCUT2D eigenvalue weighted by molar-refractivity contribution is 7.09. The molecule has 6 N–H and O–H groups in total. The van der Waals surface area contributed by atoms with E-state index in [1.54, 1.807) is 17.5 Å². The predicted molar refractivity (Wildman–Crippen MR) is 92.4 cm³/mol. The maximum atomic E-state index is 15.2. The van der Waals surface area contributed by atoms with Crippen molar-refractivity contribution in [2.45, 2.75) is 56.0 Å². The van der Waals surface area contributed by atoms with E-state index in [1.165, 1.54) is 11.3 Å². The zero-order valence-corrected chi connectivity index (χ0v) is 15.6. The number of aliphatic hydroxyl groups is 3. The number of carbonyl (C=O) groups excluding carboxylic acids is 2. The minimum atomic E-state index is -3.69. The van der Waals surface area contributed by atoms with Gasteiger partial charge < -0.3 is 35.8 Å². The first-order chi connectivity index (χ1) is 13.1. The zero-order valence-electron chi connectivity index (χ0n) is 14.8. The SMILES string of the molecule is CC(=O)N[C@@H]1[C@@H](N)[C@@H](F)[C@](F)(C(=O)OCc2cccs2)O[C@H]1[C@H](O)[C@H](O)CO. The first kappa shape index (κ1) is 22.6. The molecule has 12 heteroatoms. The van der Waals surface area contributed by atoms with E-state index >= 15 is 4.39 Å². The van der Waals surface area contributed by atoms with Gasteiger partial charge in [-0.1, -0.05) is 6.07 Å². The molecule has 0 unspecified atom stereocenters. The van der Waals surface area contributed by atoms with E-state index in [2.05, 4.69) is 5.32 Å². The summed E-state index contributed by atoms with van der Waals surface area (Å²) in [6.07, 6.45) is -8.39. The van der Waals surface area contributed by atoms with Gasteiger partial charge in [0.2, 0.25) is 5.91 Å². The summed E-state index contributed by atoms with van der Waals surface area (Å²) in [6, 6.07) is -0.0227. The lowest BCUT2D eigenvalue weighted by Gasteiger charge is -2.46. The quantitative estimate of drug-likeness (QED) is 0.340. The third-order valence-electron chi connectivity index (χ3n) is 4.26. The van der Waals surface area contributed by atoms with E-state index in [0.717, 1.165) is 6.92 Å². The summed E-state index contributed by atoms with van der Waals surface area (Å²) in [5, 5.41) is 32.7. The molecule has 1 aliphatic heterocycles. The third-order valence-corrected chi connectivity index (χ3v) is 5.11. The second-order valence-corrected chi connectivity index (χ2v) is 7.36. The lowest BCUT2D eigenvalue weighted by atomic mass is 9.86. The number of alkyl halides is 2. The maximum absolute atomic E-state index is 15.2. The molecule has 2 heterocycles. The largest absolute Gasteiger partial charge is 0.456 e. The van der Waals surface area contributed by atoms with Gasteiger partial charge in [-0.15, -0.1) is 11.3 Å². The van der Waals surface area contributed by atoms with Crippen molar-refractivity contribution >= 4 is 23.2 Å². The van der Waals surface area contributed by atoms with Gasteiger partial charge in [-0.2, -0.15) is 4.39 Å². The van der Waals surface area contributed by atoms with Crippen molar-refractivity contribution in [1.82, 2.24) is 5.32 Å². The Morgan fingerprint density at radius 2 is 2.18 bits per heavy atom. The number of nitrogens with two attached hydrogens (primary N) is 1. The molecule has 1 aliphatic rings. The molecule has 1 aromatic heterocycles. The number of hydrogen-bond acceptors (Lipinski definition) is 9. The van der Waals surface area contributed by atoms with Crippen LogP contribution in [0, 0.1) is 0 Å². The van der Waals surface area contributed by atoms with E-state index in [4.69, 9.17) is 20.3 Å². The Bertz CT molecular complexity index is 680. The molecule has 0 bridgehead atoms. The number of rotatable bonds is 7. The van der Waals surface area contributed by atoms with Crippen molar-refractivity contribution in [2.75, 3.05) is 6.61 Å². The van der Waals surface area contributed by atoms with Gasteiger partial charge in [-0.25, -0.2) is 9.18 Å². The van der Waals surface area contributed by atoms with Crippen LogP contribution in [0.1, 0.15) is 11.8 Å². The molecule has 7 atom stereocenters. The average Bonchev–Trinajstić information content (AvgIpc) is 3.18. The fourth-order valence-electron chi connectivity index (χ4n) is 2.80. The van der Waals surface area contributed by atoms with Crippen molar-refractivity contribution < 1.29 is 43.2 Å². The molecule has 1 aromatic rings. The minimum absolute atomic E-state index is 0.338. The highest BCUT2D eigenvalue weighted by atomic mass is 32.1. The molecule has 0 spiro atoms. The van der Waals surface area contributed by atoms with Gasteiger partial charge in [0.25, 0.3) is 0 Å². The number of amides is 1. The van der Waals surface area contributed by atoms with Crippen LogP contribution in [0.2, 0.25) is 0 Å². The van der Waals surface area contributed by atoms with E-state index in [1.807, 2.05) is 0 Å². The number of carbonyl (C=O) groups is 2. The molecule has 1 amide bonds. The standard InChI is InChI=1S/C16H22F2N2O7S/c1-7(22)20-11-10(19)14(17)16(18,27-13(11)12(24)9(23)5-21)15(25)26-6-8-3-2-4-28-8/h2-4,9-14,21,23-24H,5-6,19H2,1H3,(H,20,22)/t9-,10-,11-,12-,13-,14-,16-/m1/s1. The fourth-order valence-corrected chi connectivity index (χ4v) is 3.41. The van der Waals surface area contributed by atoms with E-state index in [0.29, 0.717) is 4.88 Å². The van der Waals surface area contributed by atoms with Crippen molar-refractivity contribution in [3.8, 4) is 0 Å². The molecule has 158 valence electrons. The van der Waals surface area contributed by atoms with E-state index in [9.17, 15) is 24.2 Å².